The molecule has 5 aromatic rings. The molecule has 2 aliphatic heterocycles. The van der Waals surface area contributed by atoms with E-state index < -0.39 is 52.3 Å². The molecule has 8 nitrogen and oxygen atoms in total. The maximum Gasteiger partial charge on any atom is 0.424 e. The van der Waals surface area contributed by atoms with Crippen LogP contribution in [0, 0.1) is 34.5 Å². The fourth-order valence-electron chi connectivity index (χ4n) is 13.7. The summed E-state index contributed by atoms with van der Waals surface area (Å²) in [6, 6.07) is 23.3. The first-order valence-electron chi connectivity index (χ1n) is 24.4. The lowest BCUT2D eigenvalue weighted by molar-refractivity contribution is -0.312. The number of carboxylic acids is 1. The highest BCUT2D eigenvalue weighted by Crippen LogP contribution is 2.65. The Balaban J connectivity index is 0.978. The van der Waals surface area contributed by atoms with E-state index in [1.807, 2.05) is 74.0 Å². The normalized spacial score (nSPS) is 26.8. The third-order valence-electron chi connectivity index (χ3n) is 17.2. The van der Waals surface area contributed by atoms with Crippen LogP contribution >= 0.6 is 0 Å². The predicted octanol–water partition coefficient (Wildman–Crippen LogP) is 12.4. The summed E-state index contributed by atoms with van der Waals surface area (Å²) >= 11 is 0. The molecule has 0 bridgehead atoms. The smallest absolute Gasteiger partial charge is 0.424 e. The minimum atomic E-state index is -5.99. The Morgan fingerprint density at radius 3 is 2.34 bits per heavy atom. The number of alkyl halides is 6. The number of carboxylic acid groups (broad SMARTS) is 1. The molecule has 3 heterocycles. The van der Waals surface area contributed by atoms with Crippen molar-refractivity contribution in [2.75, 3.05) is 0 Å². The molecule has 10 rings (SSSR count). The number of aliphatic carboxylic acids is 1. The number of benzene rings is 4. The number of nitrogens with zero attached hydrogens (tertiary/aromatic N) is 1. The lowest BCUT2D eigenvalue weighted by atomic mass is 9.48. The van der Waals surface area contributed by atoms with Crippen LogP contribution in [0.1, 0.15) is 101 Å². The van der Waals surface area contributed by atoms with E-state index in [4.69, 9.17) is 4.74 Å². The summed E-state index contributed by atoms with van der Waals surface area (Å²) < 4.78 is 102. The maximum atomic E-state index is 15.6. The number of fused-ring (bicyclic) bond motifs is 9. The molecule has 5 aliphatic rings. The number of aryl methyl sites for hydroxylation is 1. The zero-order valence-corrected chi connectivity index (χ0v) is 39.6. The highest BCUT2D eigenvalue weighted by atomic mass is 19.4. The first-order valence-corrected chi connectivity index (χ1v) is 24.4. The number of carbonyl (C=O) groups excluding carboxylic acids is 2. The van der Waals surface area contributed by atoms with Crippen LogP contribution in [0.2, 0.25) is 0 Å². The summed E-state index contributed by atoms with van der Waals surface area (Å²) in [6.07, 6.45) is -2.63. The van der Waals surface area contributed by atoms with Crippen LogP contribution in [-0.4, -0.2) is 45.9 Å². The first-order chi connectivity index (χ1) is 33.0. The molecular weight excluding hydrogens is 909 g/mol. The molecule has 368 valence electrons. The van der Waals surface area contributed by atoms with Crippen LogP contribution in [0.25, 0.3) is 33.2 Å². The van der Waals surface area contributed by atoms with Gasteiger partial charge in [0.1, 0.15) is 11.4 Å². The Morgan fingerprint density at radius 1 is 0.829 bits per heavy atom. The average Bonchev–Trinajstić information content (AvgIpc) is 3.83. The maximum absolute atomic E-state index is 15.6. The standard InChI is InChI=1S/C56H57F6N3O5/c1-51(2)41-13-6-5-12-38(41)39-17-15-32(27-46(39)70-51)30-65-31-35(10-8-14-49(67)68)37-18-16-34(29-45(37)65)33-9-7-11-36(28-33)54(55(57,58)59,56(60,61)62)64-50(69)44-21-20-42-40-19-22-47-53(4,26-24-48(66)63-47)43(40)23-25-52(42,44)3/h5-7,9,11-13,15-18,24,26-29,31,40,42-44,47H,8,10,14,19-23,25,30H2,1-4H3,(H,63,66)(H,64,69)(H,67,68)/t40-,42-,43-,44+,47+,52-,53+/m0/s1. The molecule has 7 atom stereocenters. The van der Waals surface area contributed by atoms with Gasteiger partial charge >= 0.3 is 18.3 Å². The minimum absolute atomic E-state index is 0.0606. The van der Waals surface area contributed by atoms with Crippen molar-refractivity contribution in [3.05, 3.63) is 126 Å². The van der Waals surface area contributed by atoms with Gasteiger partial charge in [0.2, 0.25) is 11.8 Å². The summed E-state index contributed by atoms with van der Waals surface area (Å²) in [4.78, 5) is 38.1. The Morgan fingerprint density at radius 2 is 1.59 bits per heavy atom. The molecular formula is C56H57F6N3O5. The van der Waals surface area contributed by atoms with E-state index in [1.54, 1.807) is 29.6 Å². The van der Waals surface area contributed by atoms with E-state index in [0.717, 1.165) is 57.8 Å². The summed E-state index contributed by atoms with van der Waals surface area (Å²) in [7, 11) is 0. The van der Waals surface area contributed by atoms with Crippen LogP contribution < -0.4 is 15.4 Å². The van der Waals surface area contributed by atoms with Crippen molar-refractivity contribution >= 4 is 28.7 Å². The van der Waals surface area contributed by atoms with Gasteiger partial charge in [0.05, 0.1) is 0 Å². The molecule has 3 saturated carbocycles. The molecule has 3 fully saturated rings. The third kappa shape index (κ3) is 7.69. The molecule has 3 N–H and O–H groups in total. The van der Waals surface area contributed by atoms with E-state index in [2.05, 4.69) is 18.3 Å². The molecule has 4 aromatic carbocycles. The number of hydrogen-bond donors (Lipinski definition) is 3. The second-order valence-electron chi connectivity index (χ2n) is 21.5. The van der Waals surface area contributed by atoms with E-state index in [0.29, 0.717) is 61.9 Å². The lowest BCUT2D eigenvalue weighted by Gasteiger charge is -2.58. The Bertz CT molecular complexity index is 2940. The summed E-state index contributed by atoms with van der Waals surface area (Å²) in [5, 5.41) is 14.9. The number of halogens is 6. The van der Waals surface area contributed by atoms with Crippen LogP contribution in [0.4, 0.5) is 26.3 Å². The SMILES string of the molecule is CC1(C)Oc2cc(Cn3cc(CCCC(=O)O)c4ccc(-c5cccc(C(NC(=O)[C@H]6CC[C@H]7[C@@H]8CC[C@H]9NC(=O)C=C[C@]9(C)[C@H]8CC[C@]67C)(C(F)(F)F)C(F)(F)F)c5)cc43)ccc2-c2ccccc21. The zero-order valence-electron chi connectivity index (χ0n) is 39.6. The summed E-state index contributed by atoms with van der Waals surface area (Å²) in [5.74, 6) is -2.58. The number of nitrogens with one attached hydrogen (secondary N) is 2. The molecule has 70 heavy (non-hydrogen) atoms. The van der Waals surface area contributed by atoms with E-state index in [9.17, 15) is 19.5 Å². The number of aromatic nitrogens is 1. The highest BCUT2D eigenvalue weighted by Gasteiger charge is 2.74. The number of amides is 2. The molecule has 1 aromatic heterocycles. The van der Waals surface area contributed by atoms with Crippen molar-refractivity contribution in [2.24, 2.45) is 34.5 Å². The Kier molecular flexibility index (Phi) is 11.4. The van der Waals surface area contributed by atoms with Crippen LogP contribution in [0.5, 0.6) is 5.75 Å². The van der Waals surface area contributed by atoms with Gasteiger partial charge in [-0.25, -0.2) is 0 Å². The molecule has 0 spiro atoms. The van der Waals surface area contributed by atoms with Gasteiger partial charge in [-0.2, -0.15) is 26.3 Å². The van der Waals surface area contributed by atoms with Crippen molar-refractivity contribution in [1.29, 1.82) is 0 Å². The van der Waals surface area contributed by atoms with E-state index >= 15 is 26.3 Å². The van der Waals surface area contributed by atoms with Crippen molar-refractivity contribution < 1.29 is 50.6 Å². The number of carbonyl (C=O) groups is 3. The Labute approximate surface area is 402 Å². The fourth-order valence-corrected chi connectivity index (χ4v) is 13.7. The van der Waals surface area contributed by atoms with Crippen molar-refractivity contribution in [2.45, 2.75) is 122 Å². The third-order valence-corrected chi connectivity index (χ3v) is 17.2. The largest absolute Gasteiger partial charge is 0.482 e. The van der Waals surface area contributed by atoms with Crippen LogP contribution in [0.15, 0.2) is 103 Å². The second kappa shape index (κ2) is 16.8. The van der Waals surface area contributed by atoms with Gasteiger partial charge in [0, 0.05) is 58.6 Å². The second-order valence-corrected chi connectivity index (χ2v) is 21.5. The molecule has 0 unspecified atom stereocenters. The molecule has 0 radical (unpaired) electrons. The molecule has 14 heteroatoms. The summed E-state index contributed by atoms with van der Waals surface area (Å²) in [5.41, 5.74) is -1.79. The van der Waals surface area contributed by atoms with Gasteiger partial charge in [-0.3, -0.25) is 14.4 Å². The van der Waals surface area contributed by atoms with E-state index in [1.165, 1.54) is 6.07 Å². The highest BCUT2D eigenvalue weighted by molar-refractivity contribution is 5.90. The van der Waals surface area contributed by atoms with Gasteiger partial charge in [-0.15, -0.1) is 0 Å². The van der Waals surface area contributed by atoms with Crippen molar-refractivity contribution in [1.82, 2.24) is 15.2 Å². The lowest BCUT2D eigenvalue weighted by Crippen LogP contribution is -2.66. The number of ether oxygens (including phenoxy) is 1. The first kappa shape index (κ1) is 47.6. The van der Waals surface area contributed by atoms with Gasteiger partial charge in [0.25, 0.3) is 5.54 Å². The average molecular weight is 966 g/mol. The van der Waals surface area contributed by atoms with Crippen molar-refractivity contribution in [3.8, 4) is 28.0 Å². The Hall–Kier alpha value is -6.05. The van der Waals surface area contributed by atoms with Crippen molar-refractivity contribution in [3.63, 3.8) is 0 Å². The van der Waals surface area contributed by atoms with Gasteiger partial charge in [-0.05, 0) is 146 Å². The molecule has 3 aliphatic carbocycles. The van der Waals surface area contributed by atoms with Gasteiger partial charge in [-0.1, -0.05) is 86.7 Å². The topological polar surface area (TPSA) is 110 Å². The van der Waals surface area contributed by atoms with E-state index in [-0.39, 0.29) is 53.5 Å². The number of rotatable bonds is 10. The van der Waals surface area contributed by atoms with Gasteiger partial charge in [0.15, 0.2) is 0 Å². The summed E-state index contributed by atoms with van der Waals surface area (Å²) in [6.45, 7) is 8.31. The van der Waals surface area contributed by atoms with Gasteiger partial charge < -0.3 is 25.0 Å². The quantitative estimate of drug-likeness (QED) is 0.121. The zero-order chi connectivity index (χ0) is 49.8. The molecule has 0 saturated heterocycles. The predicted molar refractivity (Wildman–Crippen MR) is 253 cm³/mol. The van der Waals surface area contributed by atoms with Crippen LogP contribution in [0.3, 0.4) is 0 Å². The fraction of sp³-hybridized carbons (Fsp3) is 0.446. The number of hydrogen-bond acceptors (Lipinski definition) is 4. The monoisotopic (exact) mass is 965 g/mol. The minimum Gasteiger partial charge on any atom is -0.482 e. The molecule has 2 amide bonds. The van der Waals surface area contributed by atoms with Crippen LogP contribution in [-0.2, 0) is 38.5 Å².